The number of rotatable bonds is 20. The van der Waals surface area contributed by atoms with E-state index in [1.54, 1.807) is 39.2 Å². The number of phenols is 1. The molecule has 0 spiro atoms. The fourth-order valence-corrected chi connectivity index (χ4v) is 17.6. The number of anilines is 3. The predicted molar refractivity (Wildman–Crippen MR) is 515 cm³/mol. The molecule has 654 valence electrons. The Hall–Kier alpha value is -12.0. The highest BCUT2D eigenvalue weighted by molar-refractivity contribution is 7.59. The number of hydrogen-bond donors (Lipinski definition) is 1. The van der Waals surface area contributed by atoms with Crippen molar-refractivity contribution in [1.29, 1.82) is 0 Å². The zero-order chi connectivity index (χ0) is 84.5. The van der Waals surface area contributed by atoms with Crippen LogP contribution in [0, 0.1) is 19.0 Å². The fraction of sp³-hybridized carbons (Fsp3) is 0.340. The Morgan fingerprint density at radius 2 is 0.849 bits per heavy atom. The van der Waals surface area contributed by atoms with Gasteiger partial charge in [-0.05, 0) is 154 Å². The molecule has 126 heavy (non-hydrogen) atoms. The zero-order valence-corrected chi connectivity index (χ0v) is 74.9. The molecule has 3 amide bonds. The van der Waals surface area contributed by atoms with Gasteiger partial charge in [0.05, 0.1) is 38.6 Å². The molecule has 6 aliphatic heterocycles. The summed E-state index contributed by atoms with van der Waals surface area (Å²) in [6.45, 7) is 35.8. The second-order valence-corrected chi connectivity index (χ2v) is 31.7. The minimum atomic E-state index is -0.548. The van der Waals surface area contributed by atoms with Gasteiger partial charge in [0.15, 0.2) is 5.82 Å². The molecule has 6 aliphatic rings. The molecule has 0 unspecified atom stereocenters. The van der Waals surface area contributed by atoms with E-state index in [1.165, 1.54) is 18.2 Å². The van der Waals surface area contributed by atoms with E-state index in [1.807, 2.05) is 108 Å². The first-order valence-corrected chi connectivity index (χ1v) is 41.6. The lowest BCUT2D eigenvalue weighted by atomic mass is 10.0. The molecule has 6 saturated heterocycles. The number of likely N-dealkylation sites (tertiary alicyclic amines) is 3. The molecule has 27 nitrogen and oxygen atoms in total. The van der Waals surface area contributed by atoms with Gasteiger partial charge >= 0.3 is 18.0 Å². The number of aromatic nitrogens is 9. The number of pyridine rings is 3. The van der Waals surface area contributed by atoms with E-state index < -0.39 is 5.82 Å². The number of carbonyl (C=O) groups excluding carboxylic acids is 3. The van der Waals surface area contributed by atoms with E-state index in [9.17, 15) is 19.5 Å². The van der Waals surface area contributed by atoms with Crippen LogP contribution in [-0.4, -0.2) is 266 Å². The molecule has 1 N–H and O–H groups in total. The van der Waals surface area contributed by atoms with Crippen LogP contribution in [0.25, 0.3) is 108 Å². The van der Waals surface area contributed by atoms with Gasteiger partial charge in [0.1, 0.15) is 66.3 Å². The monoisotopic (exact) mass is 1770 g/mol. The third-order valence-electron chi connectivity index (χ3n) is 24.3. The number of hydrogen-bond acceptors (Lipinski definition) is 22. The SMILES string of the molecule is C=CC(=O)N1CCN(c2nc(OC[C@@H]3CCCN3C)nc3cc(-c4cc(O)cc5ccccc45)ncc23)CC1.S.S.S.S.[C-]#[N+]C[C@H]1CN(c2nc(OC[C@@H]3CCCN3C)nc3c(F)c(-c4cccc5ccccc45)ncc23)CCN1C(=O)C=C.[C-]#[N+]C[C@H]1CN(c2nc(OC[C@@H]3CCCN3C)nc3cc(-c4cccc5ccccc45)ncc23)CCN1C(=O)C=C. The highest BCUT2D eigenvalue weighted by atomic mass is 32.1. The molecule has 6 aromatic heterocycles. The van der Waals surface area contributed by atoms with Crippen molar-refractivity contribution < 1.29 is 38.1 Å². The van der Waals surface area contributed by atoms with Crippen LogP contribution in [0.4, 0.5) is 21.8 Å². The highest BCUT2D eigenvalue weighted by Crippen LogP contribution is 2.40. The van der Waals surface area contributed by atoms with Gasteiger partial charge in [-0.1, -0.05) is 129 Å². The van der Waals surface area contributed by atoms with Gasteiger partial charge in [0.25, 0.3) is 0 Å². The lowest BCUT2D eigenvalue weighted by Crippen LogP contribution is -2.56. The van der Waals surface area contributed by atoms with Gasteiger partial charge in [-0.25, -0.2) is 17.5 Å². The predicted octanol–water partition coefficient (Wildman–Crippen LogP) is 13.3. The Morgan fingerprint density at radius 1 is 0.444 bits per heavy atom. The van der Waals surface area contributed by atoms with Crippen LogP contribution in [0.3, 0.4) is 0 Å². The summed E-state index contributed by atoms with van der Waals surface area (Å²) in [6.07, 6.45) is 15.8. The van der Waals surface area contributed by atoms with Crippen LogP contribution in [0.2, 0.25) is 0 Å². The summed E-state index contributed by atoms with van der Waals surface area (Å²) in [6, 6.07) is 44.5. The fourth-order valence-electron chi connectivity index (χ4n) is 17.6. The van der Waals surface area contributed by atoms with Crippen LogP contribution < -0.4 is 28.9 Å². The van der Waals surface area contributed by atoms with E-state index >= 15 is 4.39 Å². The standard InChI is InChI=1S/C32H32FN7O2.C32H33N7O2.C30H32N6O3.4H2S/c1-4-27(41)40-16-15-39(19-23(40)17-34-2)31-26-18-35-29(25-13-7-10-21-9-5-6-12-24(21)25)28(33)30(26)36-32(37-31)42-20-22-11-8-14-38(22)3;1-4-30(40)39-16-15-38(20-24(39)18-33-2)31-27-19-34-28(26-13-7-10-22-9-5-6-12-25(22)26)17-29(27)35-32(36-31)41-21-23-11-8-14-37(23)3;1-3-28(38)35-11-13-36(14-12-35)29-25-18-31-26(24-16-22(37)15-20-7-4-5-9-23(20)24)17-27(25)32-30(33-29)39-19-21-8-6-10-34(21)2;;;;/h4-7,9-10,12-13,18,22-23H,1,8,11,14-17,19-20H2,3H3;4-7,9-10,12-13,17,19,23-24H,1,8,11,14-16,18,20-21H2,3H3;3-5,7,9,15-18,21,37H,1,6,8,10-14,19H2,2H3;4*1H2/t22-,23-;23-,24-;21-;;;;/m000..../s1. The van der Waals surface area contributed by atoms with E-state index in [0.29, 0.717) is 138 Å². The molecule has 5 atom stereocenters. The second kappa shape index (κ2) is 42.3. The first-order valence-electron chi connectivity index (χ1n) is 41.6. The molecule has 32 heteroatoms. The van der Waals surface area contributed by atoms with Crippen molar-refractivity contribution in [1.82, 2.24) is 74.3 Å². The molecule has 0 saturated carbocycles. The first kappa shape index (κ1) is 93.2. The highest BCUT2D eigenvalue weighted by Gasteiger charge is 2.37. The first-order chi connectivity index (χ1) is 59.5. The van der Waals surface area contributed by atoms with Crippen molar-refractivity contribution in [2.24, 2.45) is 0 Å². The Labute approximate surface area is 760 Å². The van der Waals surface area contributed by atoms with Gasteiger partial charge < -0.3 is 73.1 Å². The summed E-state index contributed by atoms with van der Waals surface area (Å²) in [5.74, 6) is 1.15. The maximum absolute atomic E-state index is 16.5. The maximum Gasteiger partial charge on any atom is 0.319 e. The zero-order valence-electron chi connectivity index (χ0n) is 70.9. The molecule has 0 bridgehead atoms. The number of aromatic hydroxyl groups is 1. The van der Waals surface area contributed by atoms with Gasteiger partial charge in [-0.3, -0.25) is 29.3 Å². The Balaban J connectivity index is 0.000000169. The number of benzene rings is 6. The summed E-state index contributed by atoms with van der Waals surface area (Å²) in [7, 11) is 6.31. The average Bonchev–Trinajstić information content (AvgIpc) is 0.814. The molecule has 6 aromatic carbocycles. The topological polar surface area (TPSA) is 253 Å². The smallest absolute Gasteiger partial charge is 0.319 e. The van der Waals surface area contributed by atoms with Crippen molar-refractivity contribution in [2.45, 2.75) is 68.7 Å². The third-order valence-corrected chi connectivity index (χ3v) is 24.3. The van der Waals surface area contributed by atoms with Gasteiger partial charge in [0, 0.05) is 119 Å². The molecule has 0 radical (unpaired) electrons. The number of phenolic OH excluding ortho intramolecular Hbond substituents is 1. The van der Waals surface area contributed by atoms with Crippen LogP contribution in [-0.2, 0) is 14.4 Å². The van der Waals surface area contributed by atoms with Gasteiger partial charge in [-0.15, -0.1) is 0 Å². The normalized spacial score (nSPS) is 18.3. The molecule has 12 aromatic rings. The number of fused-ring (bicyclic) bond motifs is 6. The summed E-state index contributed by atoms with van der Waals surface area (Å²) in [4.78, 5) is 106. The second-order valence-electron chi connectivity index (χ2n) is 31.7. The van der Waals surface area contributed by atoms with Crippen LogP contribution in [0.1, 0.15) is 38.5 Å². The molecule has 12 heterocycles. The molecule has 6 fully saturated rings. The third kappa shape index (κ3) is 20.3. The Morgan fingerprint density at radius 3 is 1.32 bits per heavy atom. The lowest BCUT2D eigenvalue weighted by Gasteiger charge is -2.39. The molecular formula is C94H105FN20O7S4. The van der Waals surface area contributed by atoms with Crippen molar-refractivity contribution in [3.63, 3.8) is 0 Å². The minimum Gasteiger partial charge on any atom is -0.508 e. The van der Waals surface area contributed by atoms with Crippen LogP contribution >= 0.6 is 54.0 Å². The van der Waals surface area contributed by atoms with Gasteiger partial charge in [-0.2, -0.15) is 83.9 Å². The maximum atomic E-state index is 16.5. The van der Waals surface area contributed by atoms with Gasteiger partial charge in [0.2, 0.25) is 30.8 Å². The summed E-state index contributed by atoms with van der Waals surface area (Å²) in [5.41, 5.74) is 5.88. The van der Waals surface area contributed by atoms with Crippen molar-refractivity contribution >= 4 is 154 Å². The van der Waals surface area contributed by atoms with Crippen molar-refractivity contribution in [3.8, 4) is 57.6 Å². The molecular weight excluding hydrogens is 1670 g/mol. The molecule has 18 rings (SSSR count). The number of likely N-dealkylation sites (N-methyl/N-ethyl adjacent to an activating group) is 3. The largest absolute Gasteiger partial charge is 0.508 e. The minimum absolute atomic E-state index is 0. The van der Waals surface area contributed by atoms with E-state index in [0.717, 1.165) is 135 Å². The summed E-state index contributed by atoms with van der Waals surface area (Å²) >= 11 is 0. The number of nitrogens with zero attached hydrogens (tertiary/aromatic N) is 20. The van der Waals surface area contributed by atoms with E-state index in [2.05, 4.69) is 109 Å². The molecule has 0 aliphatic carbocycles. The number of halogens is 1. The quantitative estimate of drug-likeness (QED) is 0.0550. The van der Waals surface area contributed by atoms with Crippen molar-refractivity contribution in [3.05, 3.63) is 219 Å². The van der Waals surface area contributed by atoms with Crippen LogP contribution in [0.5, 0.6) is 23.8 Å². The Kier molecular flexibility index (Phi) is 31.3. The lowest BCUT2D eigenvalue weighted by molar-refractivity contribution is -0.129. The van der Waals surface area contributed by atoms with E-state index in [-0.39, 0.29) is 126 Å². The van der Waals surface area contributed by atoms with E-state index in [4.69, 9.17) is 62.2 Å². The Bertz CT molecular complexity index is 6070. The number of carbonyl (C=O) groups is 3. The summed E-state index contributed by atoms with van der Waals surface area (Å²) in [5, 5.41) is 18.6. The van der Waals surface area contributed by atoms with Crippen LogP contribution in [0.15, 0.2) is 190 Å². The number of piperazine rings is 3. The number of ether oxygens (including phenoxy) is 3. The number of amides is 3. The average molecular weight is 1770 g/mol. The summed E-state index contributed by atoms with van der Waals surface area (Å²) < 4.78 is 35.0. The van der Waals surface area contributed by atoms with Crippen molar-refractivity contribution in [2.75, 3.05) is 154 Å².